The molecule has 0 spiro atoms. The molecule has 1 aliphatic rings. The number of nitriles is 1. The van der Waals surface area contributed by atoms with Gasteiger partial charge in [-0.1, -0.05) is 0 Å². The molecule has 0 bridgehead atoms. The Morgan fingerprint density at radius 3 is 3.10 bits per heavy atom. The zero-order valence-electron chi connectivity index (χ0n) is 11.2. The molecule has 6 heteroatoms. The van der Waals surface area contributed by atoms with Crippen molar-refractivity contribution in [3.05, 3.63) is 30.0 Å². The van der Waals surface area contributed by atoms with E-state index in [-0.39, 0.29) is 23.3 Å². The van der Waals surface area contributed by atoms with Gasteiger partial charge in [0.15, 0.2) is 0 Å². The van der Waals surface area contributed by atoms with E-state index in [1.807, 2.05) is 6.07 Å². The molecule has 1 aromatic carbocycles. The summed E-state index contributed by atoms with van der Waals surface area (Å²) in [5, 5.41) is 22.9. The van der Waals surface area contributed by atoms with Crippen molar-refractivity contribution in [3.63, 3.8) is 0 Å². The van der Waals surface area contributed by atoms with Crippen molar-refractivity contribution in [3.8, 4) is 17.7 Å². The van der Waals surface area contributed by atoms with E-state index in [9.17, 15) is 9.90 Å². The number of benzene rings is 1. The summed E-state index contributed by atoms with van der Waals surface area (Å²) in [6, 6.07) is 6.74. The first kappa shape index (κ1) is 13.2. The Morgan fingerprint density at radius 1 is 1.52 bits per heavy atom. The van der Waals surface area contributed by atoms with Gasteiger partial charge in [0.05, 0.1) is 11.6 Å². The molecule has 1 aromatic heterocycles. The quantitative estimate of drug-likeness (QED) is 0.889. The van der Waals surface area contributed by atoms with Gasteiger partial charge in [0.1, 0.15) is 18.4 Å². The van der Waals surface area contributed by atoms with Crippen LogP contribution in [0, 0.1) is 11.3 Å². The van der Waals surface area contributed by atoms with Crippen molar-refractivity contribution in [2.45, 2.75) is 18.9 Å². The van der Waals surface area contributed by atoms with Crippen molar-refractivity contribution in [1.29, 1.82) is 5.26 Å². The van der Waals surface area contributed by atoms with Gasteiger partial charge in [0.2, 0.25) is 11.8 Å². The molecule has 0 radical (unpaired) electrons. The van der Waals surface area contributed by atoms with E-state index in [2.05, 4.69) is 10.3 Å². The predicted octanol–water partition coefficient (Wildman–Crippen LogP) is 1.47. The molecule has 1 saturated heterocycles. The molecule has 6 nitrogen and oxygen atoms in total. The second-order valence-electron chi connectivity index (χ2n) is 4.93. The summed E-state index contributed by atoms with van der Waals surface area (Å²) >= 11 is 0. The molecule has 0 saturated carbocycles. The number of amides is 1. The molecular formula is C15H13N3O3. The monoisotopic (exact) mass is 283 g/mol. The van der Waals surface area contributed by atoms with Gasteiger partial charge in [-0.3, -0.25) is 4.79 Å². The molecule has 21 heavy (non-hydrogen) atoms. The van der Waals surface area contributed by atoms with Gasteiger partial charge in [0, 0.05) is 18.0 Å². The van der Waals surface area contributed by atoms with Gasteiger partial charge in [-0.15, -0.1) is 0 Å². The number of phenols is 1. The van der Waals surface area contributed by atoms with Gasteiger partial charge in [-0.05, 0) is 30.0 Å². The molecule has 3 rings (SSSR count). The van der Waals surface area contributed by atoms with Crippen LogP contribution in [-0.4, -0.2) is 28.6 Å². The van der Waals surface area contributed by atoms with Crippen molar-refractivity contribution in [2.24, 2.45) is 0 Å². The van der Waals surface area contributed by atoms with Crippen molar-refractivity contribution < 1.29 is 14.6 Å². The zero-order valence-corrected chi connectivity index (χ0v) is 11.2. The third kappa shape index (κ3) is 2.58. The van der Waals surface area contributed by atoms with Crippen LogP contribution in [0.5, 0.6) is 11.6 Å². The van der Waals surface area contributed by atoms with Crippen LogP contribution in [0.25, 0.3) is 10.8 Å². The Morgan fingerprint density at radius 2 is 2.38 bits per heavy atom. The second-order valence-corrected chi connectivity index (χ2v) is 4.93. The van der Waals surface area contributed by atoms with Gasteiger partial charge in [-0.25, -0.2) is 4.98 Å². The number of ether oxygens (including phenoxy) is 1. The number of carbonyl (C=O) groups excluding carboxylic acids is 1. The minimum Gasteiger partial charge on any atom is -0.507 e. The number of aromatic nitrogens is 1. The summed E-state index contributed by atoms with van der Waals surface area (Å²) in [5.74, 6) is 0.316. The maximum Gasteiger partial charge on any atom is 0.221 e. The number of rotatable bonds is 3. The number of nitrogens with one attached hydrogen (secondary N) is 1. The Kier molecular flexibility index (Phi) is 3.32. The lowest BCUT2D eigenvalue weighted by Crippen LogP contribution is -2.31. The lowest BCUT2D eigenvalue weighted by molar-refractivity contribution is -0.119. The van der Waals surface area contributed by atoms with E-state index in [1.54, 1.807) is 18.3 Å². The SMILES string of the molecule is N#Cc1cc2ccnc(OC[C@@H]3CCC(=O)N3)c2cc1O. The Labute approximate surface area is 121 Å². The fourth-order valence-electron chi connectivity index (χ4n) is 2.37. The fraction of sp³-hybridized carbons (Fsp3) is 0.267. The molecular weight excluding hydrogens is 270 g/mol. The van der Waals surface area contributed by atoms with E-state index in [0.717, 1.165) is 11.8 Å². The molecule has 1 fully saturated rings. The Balaban J connectivity index is 1.87. The largest absolute Gasteiger partial charge is 0.507 e. The number of hydrogen-bond acceptors (Lipinski definition) is 5. The summed E-state index contributed by atoms with van der Waals surface area (Å²) in [4.78, 5) is 15.3. The lowest BCUT2D eigenvalue weighted by Gasteiger charge is -2.13. The molecule has 0 unspecified atom stereocenters. The second kappa shape index (κ2) is 5.29. The highest BCUT2D eigenvalue weighted by Crippen LogP contribution is 2.29. The summed E-state index contributed by atoms with van der Waals surface area (Å²) in [6.07, 6.45) is 2.85. The summed E-state index contributed by atoms with van der Waals surface area (Å²) < 4.78 is 5.66. The summed E-state index contributed by atoms with van der Waals surface area (Å²) in [5.41, 5.74) is 0.211. The van der Waals surface area contributed by atoms with Crippen LogP contribution in [0.2, 0.25) is 0 Å². The van der Waals surface area contributed by atoms with Gasteiger partial charge >= 0.3 is 0 Å². The first-order chi connectivity index (χ1) is 10.2. The smallest absolute Gasteiger partial charge is 0.221 e. The molecule has 1 atom stereocenters. The number of nitrogens with zero attached hydrogens (tertiary/aromatic N) is 2. The number of hydrogen-bond donors (Lipinski definition) is 2. The zero-order chi connectivity index (χ0) is 14.8. The fourth-order valence-corrected chi connectivity index (χ4v) is 2.37. The molecule has 2 aromatic rings. The average Bonchev–Trinajstić information content (AvgIpc) is 2.90. The van der Waals surface area contributed by atoms with E-state index < -0.39 is 0 Å². The number of carbonyl (C=O) groups is 1. The molecule has 1 amide bonds. The first-order valence-electron chi connectivity index (χ1n) is 6.61. The van der Waals surface area contributed by atoms with Crippen LogP contribution in [0.1, 0.15) is 18.4 Å². The average molecular weight is 283 g/mol. The van der Waals surface area contributed by atoms with Crippen LogP contribution >= 0.6 is 0 Å². The lowest BCUT2D eigenvalue weighted by atomic mass is 10.1. The van der Waals surface area contributed by atoms with Gasteiger partial charge in [0.25, 0.3) is 0 Å². The van der Waals surface area contributed by atoms with E-state index in [1.165, 1.54) is 6.07 Å². The standard InChI is InChI=1S/C15H13N3O3/c16-7-10-5-9-3-4-17-15(12(9)6-13(10)19)21-8-11-1-2-14(20)18-11/h3-6,11,19H,1-2,8H2,(H,18,20)/t11-/m0/s1. The van der Waals surface area contributed by atoms with E-state index >= 15 is 0 Å². The van der Waals surface area contributed by atoms with Crippen LogP contribution < -0.4 is 10.1 Å². The van der Waals surface area contributed by atoms with Gasteiger partial charge in [-0.2, -0.15) is 5.26 Å². The summed E-state index contributed by atoms with van der Waals surface area (Å²) in [7, 11) is 0. The molecule has 2 N–H and O–H groups in total. The van der Waals surface area contributed by atoms with Crippen LogP contribution in [-0.2, 0) is 4.79 Å². The minimum atomic E-state index is -0.1000. The van der Waals surface area contributed by atoms with Crippen molar-refractivity contribution in [1.82, 2.24) is 10.3 Å². The van der Waals surface area contributed by atoms with Crippen LogP contribution in [0.15, 0.2) is 24.4 Å². The van der Waals surface area contributed by atoms with E-state index in [0.29, 0.717) is 24.3 Å². The molecule has 0 aliphatic carbocycles. The normalized spacial score (nSPS) is 17.5. The van der Waals surface area contributed by atoms with Crippen molar-refractivity contribution >= 4 is 16.7 Å². The third-order valence-corrected chi connectivity index (χ3v) is 3.47. The van der Waals surface area contributed by atoms with Crippen LogP contribution in [0.3, 0.4) is 0 Å². The molecule has 1 aliphatic heterocycles. The van der Waals surface area contributed by atoms with Gasteiger partial charge < -0.3 is 15.2 Å². The maximum atomic E-state index is 11.1. The molecule has 2 heterocycles. The predicted molar refractivity (Wildman–Crippen MR) is 74.8 cm³/mol. The minimum absolute atomic E-state index is 0.0125. The van der Waals surface area contributed by atoms with Crippen LogP contribution in [0.4, 0.5) is 0 Å². The number of phenolic OH excluding ortho intramolecular Hbond substituents is 1. The highest BCUT2D eigenvalue weighted by Gasteiger charge is 2.21. The first-order valence-corrected chi connectivity index (χ1v) is 6.61. The Bertz CT molecular complexity index is 752. The van der Waals surface area contributed by atoms with E-state index in [4.69, 9.17) is 10.00 Å². The number of aromatic hydroxyl groups is 1. The maximum absolute atomic E-state index is 11.1. The highest BCUT2D eigenvalue weighted by atomic mass is 16.5. The topological polar surface area (TPSA) is 95.2 Å². The summed E-state index contributed by atoms with van der Waals surface area (Å²) in [6.45, 7) is 0.332. The third-order valence-electron chi connectivity index (χ3n) is 3.47. The Hall–Kier alpha value is -2.81. The van der Waals surface area contributed by atoms with Crippen molar-refractivity contribution in [2.75, 3.05) is 6.61 Å². The number of fused-ring (bicyclic) bond motifs is 1. The number of pyridine rings is 1. The highest BCUT2D eigenvalue weighted by molar-refractivity contribution is 5.89. The molecule has 106 valence electrons.